The van der Waals surface area contributed by atoms with Crippen molar-refractivity contribution in [2.24, 2.45) is 4.99 Å². The van der Waals surface area contributed by atoms with E-state index in [4.69, 9.17) is 4.18 Å². The van der Waals surface area contributed by atoms with Crippen molar-refractivity contribution < 1.29 is 17.4 Å². The van der Waals surface area contributed by atoms with Gasteiger partial charge in [-0.05, 0) is 31.2 Å². The summed E-state index contributed by atoms with van der Waals surface area (Å²) < 4.78 is 30.6. The van der Waals surface area contributed by atoms with Crippen molar-refractivity contribution in [3.8, 4) is 5.75 Å². The van der Waals surface area contributed by atoms with E-state index in [-0.39, 0.29) is 22.6 Å². The average molecular weight is 420 g/mol. The Hall–Kier alpha value is -2.30. The van der Waals surface area contributed by atoms with Gasteiger partial charge in [0.2, 0.25) is 0 Å². The number of aliphatic imine (C=N–C) groups is 1. The number of thiazole rings is 1. The van der Waals surface area contributed by atoms with Gasteiger partial charge in [0.15, 0.2) is 10.8 Å². The number of rotatable bonds is 5. The highest BCUT2D eigenvalue weighted by molar-refractivity contribution is 8.15. The fraction of sp³-hybridized carbons (Fsp3) is 0.176. The Labute approximate surface area is 163 Å². The Bertz CT molecular complexity index is 1160. The van der Waals surface area contributed by atoms with Crippen molar-refractivity contribution in [1.82, 2.24) is 9.97 Å². The van der Waals surface area contributed by atoms with Gasteiger partial charge in [0.25, 0.3) is 0 Å². The number of Topliss-reactive ketones (excluding diaryl/α,β-unsaturated/α-hetero) is 1. The standard InChI is InChI=1S/C17H13N3O4S3/c1-10(21)13-9-25-16(20-13)17-19-12-6-5-11(8-14(12)26-17)24-27(22,23)15-4-2-3-7-18-15/h2-8,13H,9H2,1H3. The molecule has 10 heteroatoms. The summed E-state index contributed by atoms with van der Waals surface area (Å²) in [4.78, 5) is 24.2. The number of fused-ring (bicyclic) bond motifs is 1. The van der Waals surface area contributed by atoms with Crippen LogP contribution in [0.15, 0.2) is 52.6 Å². The normalized spacial score (nSPS) is 17.1. The molecule has 1 atom stereocenters. The first-order chi connectivity index (χ1) is 12.9. The van der Waals surface area contributed by atoms with E-state index in [9.17, 15) is 13.2 Å². The number of carbonyl (C=O) groups is 1. The molecule has 3 aromatic rings. The second-order valence-corrected chi connectivity index (χ2v) is 9.26. The van der Waals surface area contributed by atoms with Crippen LogP contribution in [0.3, 0.4) is 0 Å². The van der Waals surface area contributed by atoms with E-state index < -0.39 is 10.1 Å². The van der Waals surface area contributed by atoms with Crippen LogP contribution in [0.4, 0.5) is 0 Å². The summed E-state index contributed by atoms with van der Waals surface area (Å²) in [5.41, 5.74) is 0.715. The molecule has 0 fully saturated rings. The van der Waals surface area contributed by atoms with Crippen LogP contribution in [-0.2, 0) is 14.9 Å². The number of ketones is 1. The van der Waals surface area contributed by atoms with Crippen molar-refractivity contribution in [1.29, 1.82) is 0 Å². The quantitative estimate of drug-likeness (QED) is 0.586. The lowest BCUT2D eigenvalue weighted by Gasteiger charge is -2.05. The van der Waals surface area contributed by atoms with Gasteiger partial charge >= 0.3 is 10.1 Å². The SMILES string of the molecule is CC(=O)C1CSC(c2nc3ccc(OS(=O)(=O)c4ccccn4)cc3s2)=N1. The molecule has 7 nitrogen and oxygen atoms in total. The van der Waals surface area contributed by atoms with E-state index in [0.29, 0.717) is 16.3 Å². The number of aromatic nitrogens is 2. The van der Waals surface area contributed by atoms with Gasteiger partial charge in [0, 0.05) is 18.0 Å². The summed E-state index contributed by atoms with van der Waals surface area (Å²) in [5, 5.41) is 1.30. The van der Waals surface area contributed by atoms with Gasteiger partial charge in [-0.15, -0.1) is 23.1 Å². The van der Waals surface area contributed by atoms with Crippen molar-refractivity contribution in [2.75, 3.05) is 5.75 Å². The number of carbonyl (C=O) groups excluding carboxylic acids is 1. The molecule has 1 aliphatic rings. The first-order valence-corrected chi connectivity index (χ1v) is 11.1. The molecular weight excluding hydrogens is 406 g/mol. The van der Waals surface area contributed by atoms with E-state index in [0.717, 1.165) is 9.74 Å². The fourth-order valence-electron chi connectivity index (χ4n) is 2.41. The van der Waals surface area contributed by atoms with Crippen molar-refractivity contribution in [3.63, 3.8) is 0 Å². The predicted molar refractivity (Wildman–Crippen MR) is 105 cm³/mol. The molecule has 1 aromatic carbocycles. The van der Waals surface area contributed by atoms with Crippen LogP contribution in [-0.4, -0.2) is 41.0 Å². The smallest absolute Gasteiger partial charge is 0.356 e. The molecule has 0 N–H and O–H groups in total. The largest absolute Gasteiger partial charge is 0.378 e. The molecule has 3 heterocycles. The zero-order valence-electron chi connectivity index (χ0n) is 14.0. The molecule has 1 unspecified atom stereocenters. The number of nitrogens with zero attached hydrogens (tertiary/aromatic N) is 3. The van der Waals surface area contributed by atoms with E-state index in [1.165, 1.54) is 42.3 Å². The summed E-state index contributed by atoms with van der Waals surface area (Å²) in [7, 11) is -4.00. The van der Waals surface area contributed by atoms with Crippen molar-refractivity contribution >= 4 is 54.3 Å². The van der Waals surface area contributed by atoms with Gasteiger partial charge in [-0.3, -0.25) is 9.79 Å². The first kappa shape index (κ1) is 18.1. The maximum Gasteiger partial charge on any atom is 0.356 e. The van der Waals surface area contributed by atoms with Crippen LogP contribution in [0.2, 0.25) is 0 Å². The van der Waals surface area contributed by atoms with Crippen molar-refractivity contribution in [3.05, 3.63) is 47.6 Å². The Morgan fingerprint density at radius 3 is 2.81 bits per heavy atom. The van der Waals surface area contributed by atoms with Gasteiger partial charge < -0.3 is 4.18 Å². The zero-order chi connectivity index (χ0) is 19.0. The van der Waals surface area contributed by atoms with E-state index >= 15 is 0 Å². The molecule has 1 aliphatic heterocycles. The number of hydrogen-bond donors (Lipinski definition) is 0. The number of pyridine rings is 1. The minimum Gasteiger partial charge on any atom is -0.378 e. The number of hydrogen-bond acceptors (Lipinski definition) is 9. The Morgan fingerprint density at radius 1 is 1.26 bits per heavy atom. The van der Waals surface area contributed by atoms with Gasteiger partial charge in [-0.25, -0.2) is 9.97 Å². The van der Waals surface area contributed by atoms with Gasteiger partial charge in [-0.2, -0.15) is 8.42 Å². The van der Waals surface area contributed by atoms with E-state index in [1.807, 2.05) is 0 Å². The third kappa shape index (κ3) is 3.73. The molecule has 0 aliphatic carbocycles. The highest BCUT2D eigenvalue weighted by atomic mass is 32.2. The van der Waals surface area contributed by atoms with E-state index in [2.05, 4.69) is 15.0 Å². The Morgan fingerprint density at radius 2 is 2.11 bits per heavy atom. The summed E-state index contributed by atoms with van der Waals surface area (Å²) in [5.74, 6) is 0.845. The predicted octanol–water partition coefficient (Wildman–Crippen LogP) is 2.91. The van der Waals surface area contributed by atoms with Crippen molar-refractivity contribution in [2.45, 2.75) is 18.0 Å². The topological polar surface area (TPSA) is 98.6 Å². The van der Waals surface area contributed by atoms with Crippen LogP contribution >= 0.6 is 23.1 Å². The van der Waals surface area contributed by atoms with Crippen LogP contribution in [0.1, 0.15) is 11.9 Å². The molecule has 0 saturated heterocycles. The highest BCUT2D eigenvalue weighted by Gasteiger charge is 2.25. The molecule has 27 heavy (non-hydrogen) atoms. The minimum absolute atomic E-state index is 0.0361. The molecule has 0 bridgehead atoms. The molecular formula is C17H13N3O4S3. The van der Waals surface area contributed by atoms with Crippen LogP contribution in [0.25, 0.3) is 10.2 Å². The monoisotopic (exact) mass is 419 g/mol. The van der Waals surface area contributed by atoms with E-state index in [1.54, 1.807) is 30.3 Å². The maximum absolute atomic E-state index is 12.3. The molecule has 0 saturated carbocycles. The fourth-order valence-corrected chi connectivity index (χ4v) is 5.47. The number of benzene rings is 1. The van der Waals surface area contributed by atoms with Gasteiger partial charge in [0.05, 0.1) is 10.2 Å². The molecule has 138 valence electrons. The lowest BCUT2D eigenvalue weighted by molar-refractivity contribution is -0.117. The van der Waals surface area contributed by atoms with Crippen LogP contribution in [0, 0.1) is 0 Å². The second-order valence-electron chi connectivity index (χ2n) is 5.73. The lowest BCUT2D eigenvalue weighted by atomic mass is 10.2. The van der Waals surface area contributed by atoms with Gasteiger partial charge in [-0.1, -0.05) is 6.07 Å². The minimum atomic E-state index is -4.00. The third-order valence-electron chi connectivity index (χ3n) is 3.76. The van der Waals surface area contributed by atoms with Gasteiger partial charge in [0.1, 0.15) is 21.8 Å². The Kier molecular flexibility index (Phi) is 4.70. The molecule has 0 amide bonds. The highest BCUT2D eigenvalue weighted by Crippen LogP contribution is 2.32. The number of thioether (sulfide) groups is 1. The molecule has 0 spiro atoms. The summed E-state index contributed by atoms with van der Waals surface area (Å²) in [6, 6.07) is 9.13. The zero-order valence-corrected chi connectivity index (χ0v) is 16.5. The summed E-state index contributed by atoms with van der Waals surface area (Å²) in [6.45, 7) is 1.53. The molecule has 0 radical (unpaired) electrons. The first-order valence-electron chi connectivity index (χ1n) is 7.90. The second kappa shape index (κ2) is 7.02. The van der Waals surface area contributed by atoms with Crippen LogP contribution < -0.4 is 4.18 Å². The summed E-state index contributed by atoms with van der Waals surface area (Å²) >= 11 is 2.88. The average Bonchev–Trinajstić information content (AvgIpc) is 3.28. The Balaban J connectivity index is 1.62. The third-order valence-corrected chi connectivity index (χ3v) is 7.14. The lowest BCUT2D eigenvalue weighted by Crippen LogP contribution is -2.14. The summed E-state index contributed by atoms with van der Waals surface area (Å²) in [6.07, 6.45) is 1.39. The molecule has 4 rings (SSSR count). The molecule has 2 aromatic heterocycles. The maximum atomic E-state index is 12.3. The van der Waals surface area contributed by atoms with Crippen LogP contribution in [0.5, 0.6) is 5.75 Å².